The molecular formula is C23H27N3O3S. The van der Waals surface area contributed by atoms with Crippen LogP contribution >= 0.6 is 0 Å². The Hall–Kier alpha value is -2.66. The number of benzene rings is 2. The zero-order valence-electron chi connectivity index (χ0n) is 17.1. The number of hydrogen-bond acceptors (Lipinski definition) is 4. The average molecular weight is 426 g/mol. The number of terminal acetylenes is 1. The Morgan fingerprint density at radius 3 is 2.53 bits per heavy atom. The lowest BCUT2D eigenvalue weighted by Crippen LogP contribution is -2.32. The highest BCUT2D eigenvalue weighted by atomic mass is 32.2. The molecule has 1 aliphatic rings. The molecule has 2 aromatic carbocycles. The third kappa shape index (κ3) is 5.92. The van der Waals surface area contributed by atoms with Gasteiger partial charge in [-0.3, -0.25) is 9.69 Å². The molecular weight excluding hydrogens is 398 g/mol. The summed E-state index contributed by atoms with van der Waals surface area (Å²) in [6.07, 6.45) is 7.58. The van der Waals surface area contributed by atoms with Crippen LogP contribution in [0.2, 0.25) is 0 Å². The van der Waals surface area contributed by atoms with Gasteiger partial charge in [0.1, 0.15) is 0 Å². The van der Waals surface area contributed by atoms with Crippen molar-refractivity contribution in [3.8, 4) is 12.3 Å². The van der Waals surface area contributed by atoms with E-state index in [2.05, 4.69) is 27.8 Å². The van der Waals surface area contributed by atoms with Gasteiger partial charge in [0, 0.05) is 17.8 Å². The van der Waals surface area contributed by atoms with Crippen molar-refractivity contribution in [3.63, 3.8) is 0 Å². The van der Waals surface area contributed by atoms with Crippen molar-refractivity contribution < 1.29 is 13.2 Å². The topological polar surface area (TPSA) is 78.5 Å². The van der Waals surface area contributed by atoms with Crippen LogP contribution in [0.15, 0.2) is 53.4 Å². The Labute approximate surface area is 178 Å². The molecule has 1 heterocycles. The van der Waals surface area contributed by atoms with Gasteiger partial charge < -0.3 is 5.32 Å². The molecule has 0 unspecified atom stereocenters. The molecule has 1 amide bonds. The summed E-state index contributed by atoms with van der Waals surface area (Å²) in [5.74, 6) is 2.66. The summed E-state index contributed by atoms with van der Waals surface area (Å²) in [6, 6.07) is 13.6. The van der Waals surface area contributed by atoms with Gasteiger partial charge in [0.15, 0.2) is 0 Å². The quantitative estimate of drug-likeness (QED) is 0.669. The van der Waals surface area contributed by atoms with Gasteiger partial charge in [-0.05, 0) is 67.7 Å². The van der Waals surface area contributed by atoms with Crippen molar-refractivity contribution in [1.29, 1.82) is 0 Å². The van der Waals surface area contributed by atoms with Gasteiger partial charge in [0.25, 0.3) is 5.91 Å². The molecule has 3 rings (SSSR count). The van der Waals surface area contributed by atoms with Crippen molar-refractivity contribution in [1.82, 2.24) is 9.62 Å². The Kier molecular flexibility index (Phi) is 7.27. The number of nitrogens with zero attached hydrogens (tertiary/aromatic N) is 1. The first-order chi connectivity index (χ1) is 14.4. The minimum Gasteiger partial charge on any atom is -0.322 e. The van der Waals surface area contributed by atoms with E-state index < -0.39 is 10.0 Å². The van der Waals surface area contributed by atoms with Crippen LogP contribution in [0.4, 0.5) is 5.69 Å². The molecule has 1 aliphatic heterocycles. The van der Waals surface area contributed by atoms with Gasteiger partial charge in [-0.2, -0.15) is 4.72 Å². The van der Waals surface area contributed by atoms with E-state index in [0.717, 1.165) is 25.6 Å². The molecule has 158 valence electrons. The molecule has 1 saturated heterocycles. The van der Waals surface area contributed by atoms with Crippen LogP contribution in [0, 0.1) is 18.3 Å². The summed E-state index contributed by atoms with van der Waals surface area (Å²) in [5.41, 5.74) is 2.12. The van der Waals surface area contributed by atoms with E-state index in [1.807, 2.05) is 24.3 Å². The number of hydrogen-bond donors (Lipinski definition) is 2. The predicted molar refractivity (Wildman–Crippen MR) is 119 cm³/mol. The molecule has 6 nitrogen and oxygen atoms in total. The second-order valence-electron chi connectivity index (χ2n) is 7.67. The third-order valence-corrected chi connectivity index (χ3v) is 6.66. The standard InChI is InChI=1S/C23H27N3O3S/c1-3-13-24-30(28,29)22-6-4-5-20(16-22)23(27)25-21-9-7-19(8-10-21)17-26-14-11-18(2)12-15-26/h1,4-10,16,18,24H,11-15,17H2,2H3,(H,25,27). The molecule has 0 atom stereocenters. The molecule has 2 aromatic rings. The largest absolute Gasteiger partial charge is 0.322 e. The Morgan fingerprint density at radius 1 is 1.17 bits per heavy atom. The second-order valence-corrected chi connectivity index (χ2v) is 9.43. The summed E-state index contributed by atoms with van der Waals surface area (Å²) < 4.78 is 26.7. The Bertz CT molecular complexity index is 1020. The number of nitrogens with one attached hydrogen (secondary N) is 2. The normalized spacial score (nSPS) is 15.5. The van der Waals surface area contributed by atoms with E-state index in [1.165, 1.54) is 36.6 Å². The fourth-order valence-corrected chi connectivity index (χ4v) is 4.38. The lowest BCUT2D eigenvalue weighted by atomic mass is 9.99. The fourth-order valence-electron chi connectivity index (χ4n) is 3.40. The van der Waals surface area contributed by atoms with Crippen LogP contribution in [-0.2, 0) is 16.6 Å². The molecule has 30 heavy (non-hydrogen) atoms. The number of carbonyl (C=O) groups excluding carboxylic acids is 1. The van der Waals surface area contributed by atoms with Crippen molar-refractivity contribution in [2.45, 2.75) is 31.2 Å². The molecule has 0 bridgehead atoms. The van der Waals surface area contributed by atoms with Gasteiger partial charge in [0.2, 0.25) is 10.0 Å². The predicted octanol–water partition coefficient (Wildman–Crippen LogP) is 3.08. The van der Waals surface area contributed by atoms with Crippen LogP contribution in [0.1, 0.15) is 35.7 Å². The number of likely N-dealkylation sites (tertiary alicyclic amines) is 1. The van der Waals surface area contributed by atoms with E-state index in [-0.39, 0.29) is 22.9 Å². The van der Waals surface area contributed by atoms with Crippen LogP contribution in [0.25, 0.3) is 0 Å². The van der Waals surface area contributed by atoms with E-state index in [4.69, 9.17) is 6.42 Å². The maximum Gasteiger partial charge on any atom is 0.255 e. The highest BCUT2D eigenvalue weighted by Gasteiger charge is 2.17. The van der Waals surface area contributed by atoms with Crippen molar-refractivity contribution in [2.24, 2.45) is 5.92 Å². The molecule has 0 spiro atoms. The van der Waals surface area contributed by atoms with Gasteiger partial charge >= 0.3 is 0 Å². The monoisotopic (exact) mass is 425 g/mol. The lowest BCUT2D eigenvalue weighted by molar-refractivity contribution is 0.102. The first kappa shape index (κ1) is 22.0. The van der Waals surface area contributed by atoms with Gasteiger partial charge in [-0.15, -0.1) is 6.42 Å². The summed E-state index contributed by atoms with van der Waals surface area (Å²) >= 11 is 0. The highest BCUT2D eigenvalue weighted by molar-refractivity contribution is 7.89. The molecule has 0 aromatic heterocycles. The third-order valence-electron chi connectivity index (χ3n) is 5.27. The van der Waals surface area contributed by atoms with Crippen LogP contribution in [0.3, 0.4) is 0 Å². The molecule has 7 heteroatoms. The van der Waals surface area contributed by atoms with E-state index >= 15 is 0 Å². The molecule has 1 fully saturated rings. The van der Waals surface area contributed by atoms with Crippen molar-refractivity contribution in [2.75, 3.05) is 25.0 Å². The molecule has 0 saturated carbocycles. The molecule has 0 aliphatic carbocycles. The Morgan fingerprint density at radius 2 is 1.87 bits per heavy atom. The van der Waals surface area contributed by atoms with Gasteiger partial charge in [-0.1, -0.05) is 31.0 Å². The zero-order valence-corrected chi connectivity index (χ0v) is 17.9. The van der Waals surface area contributed by atoms with Gasteiger partial charge in [0.05, 0.1) is 11.4 Å². The zero-order chi connectivity index (χ0) is 21.6. The number of rotatable bonds is 7. The summed E-state index contributed by atoms with van der Waals surface area (Å²) in [5, 5.41) is 2.82. The molecule has 2 N–H and O–H groups in total. The highest BCUT2D eigenvalue weighted by Crippen LogP contribution is 2.19. The van der Waals surface area contributed by atoms with Crippen molar-refractivity contribution >= 4 is 21.6 Å². The summed E-state index contributed by atoms with van der Waals surface area (Å²) in [6.45, 7) is 5.34. The van der Waals surface area contributed by atoms with E-state index in [9.17, 15) is 13.2 Å². The van der Waals surface area contributed by atoms with Crippen molar-refractivity contribution in [3.05, 3.63) is 59.7 Å². The number of amides is 1. The summed E-state index contributed by atoms with van der Waals surface area (Å²) in [4.78, 5) is 15.0. The minimum atomic E-state index is -3.75. The van der Waals surface area contributed by atoms with Crippen LogP contribution in [-0.4, -0.2) is 38.9 Å². The maximum absolute atomic E-state index is 12.6. The lowest BCUT2D eigenvalue weighted by Gasteiger charge is -2.30. The number of sulfonamides is 1. The average Bonchev–Trinajstić information content (AvgIpc) is 2.75. The second kappa shape index (κ2) is 9.90. The number of piperidine rings is 1. The molecule has 0 radical (unpaired) electrons. The first-order valence-corrected chi connectivity index (χ1v) is 11.5. The van der Waals surface area contributed by atoms with E-state index in [1.54, 1.807) is 6.07 Å². The minimum absolute atomic E-state index is 0.00315. The maximum atomic E-state index is 12.6. The fraction of sp³-hybridized carbons (Fsp3) is 0.348. The van der Waals surface area contributed by atoms with Gasteiger partial charge in [-0.25, -0.2) is 8.42 Å². The SMILES string of the molecule is C#CCNS(=O)(=O)c1cccc(C(=O)Nc2ccc(CN3CCC(C)CC3)cc2)c1. The first-order valence-electron chi connectivity index (χ1n) is 10.0. The summed E-state index contributed by atoms with van der Waals surface area (Å²) in [7, 11) is -3.75. The van der Waals surface area contributed by atoms with E-state index in [0.29, 0.717) is 5.69 Å². The Balaban J connectivity index is 1.62. The van der Waals surface area contributed by atoms with Crippen LogP contribution < -0.4 is 10.0 Å². The number of anilines is 1. The number of carbonyl (C=O) groups is 1. The van der Waals surface area contributed by atoms with Crippen LogP contribution in [0.5, 0.6) is 0 Å². The smallest absolute Gasteiger partial charge is 0.255 e.